The molecule has 1 amide bonds. The highest BCUT2D eigenvalue weighted by Crippen LogP contribution is 2.03. The van der Waals surface area contributed by atoms with Crippen molar-refractivity contribution in [2.75, 3.05) is 12.0 Å². The van der Waals surface area contributed by atoms with Gasteiger partial charge >= 0.3 is 5.97 Å². The summed E-state index contributed by atoms with van der Waals surface area (Å²) in [5.41, 5.74) is 0.962. The predicted molar refractivity (Wildman–Crippen MR) is 70.9 cm³/mol. The first-order valence-corrected chi connectivity index (χ1v) is 6.90. The van der Waals surface area contributed by atoms with Crippen molar-refractivity contribution in [1.82, 2.24) is 10.3 Å². The van der Waals surface area contributed by atoms with Crippen LogP contribution in [0.4, 0.5) is 0 Å². The number of carboxylic acid groups (broad SMARTS) is 1. The topological polar surface area (TPSA) is 79.3 Å². The van der Waals surface area contributed by atoms with Gasteiger partial charge in [-0.2, -0.15) is 11.8 Å². The standard InChI is InChI=1S/C12H16N2O3S/c1-8-4-3-5-9(13-8)11(15)14-10(12(16)17)6-7-18-2/h3-5,10H,6-7H2,1-2H3,(H,14,15)(H,16,17)/t10-/m1/s1. The number of rotatable bonds is 6. The lowest BCUT2D eigenvalue weighted by molar-refractivity contribution is -0.139. The minimum absolute atomic E-state index is 0.241. The Balaban J connectivity index is 2.69. The Hall–Kier alpha value is -1.56. The Morgan fingerprint density at radius 3 is 2.78 bits per heavy atom. The minimum atomic E-state index is -1.02. The van der Waals surface area contributed by atoms with E-state index in [0.717, 1.165) is 5.69 Å². The molecule has 1 rings (SSSR count). The molecule has 1 aromatic heterocycles. The monoisotopic (exact) mass is 268 g/mol. The summed E-state index contributed by atoms with van der Waals surface area (Å²) in [4.78, 5) is 26.9. The molecule has 0 unspecified atom stereocenters. The smallest absolute Gasteiger partial charge is 0.326 e. The zero-order chi connectivity index (χ0) is 13.5. The summed E-state index contributed by atoms with van der Waals surface area (Å²) < 4.78 is 0. The molecule has 1 aromatic rings. The lowest BCUT2D eigenvalue weighted by Gasteiger charge is -2.13. The van der Waals surface area contributed by atoms with Gasteiger partial charge in [-0.3, -0.25) is 4.79 Å². The summed E-state index contributed by atoms with van der Waals surface area (Å²) in [7, 11) is 0. The number of hydrogen-bond donors (Lipinski definition) is 2. The zero-order valence-corrected chi connectivity index (χ0v) is 11.2. The Kier molecular flexibility index (Phi) is 5.64. The van der Waals surface area contributed by atoms with E-state index in [-0.39, 0.29) is 5.69 Å². The molecule has 5 nitrogen and oxygen atoms in total. The van der Waals surface area contributed by atoms with E-state index in [1.165, 1.54) is 0 Å². The summed E-state index contributed by atoms with van der Waals surface area (Å²) >= 11 is 1.54. The summed E-state index contributed by atoms with van der Waals surface area (Å²) in [6, 6.07) is 4.19. The van der Waals surface area contributed by atoms with Gasteiger partial charge in [0.1, 0.15) is 11.7 Å². The molecule has 0 aromatic carbocycles. The van der Waals surface area contributed by atoms with Gasteiger partial charge in [-0.05, 0) is 37.5 Å². The van der Waals surface area contributed by atoms with E-state index in [1.54, 1.807) is 36.9 Å². The van der Waals surface area contributed by atoms with E-state index in [0.29, 0.717) is 12.2 Å². The number of aliphatic carboxylic acids is 1. The third kappa shape index (κ3) is 4.37. The summed E-state index contributed by atoms with van der Waals surface area (Å²) in [6.07, 6.45) is 2.29. The fourth-order valence-corrected chi connectivity index (χ4v) is 1.87. The van der Waals surface area contributed by atoms with Crippen LogP contribution in [0, 0.1) is 6.92 Å². The molecule has 1 atom stereocenters. The van der Waals surface area contributed by atoms with Crippen LogP contribution in [-0.2, 0) is 4.79 Å². The van der Waals surface area contributed by atoms with Crippen molar-refractivity contribution in [1.29, 1.82) is 0 Å². The van der Waals surface area contributed by atoms with E-state index in [4.69, 9.17) is 5.11 Å². The van der Waals surface area contributed by atoms with E-state index < -0.39 is 17.9 Å². The van der Waals surface area contributed by atoms with Gasteiger partial charge in [-0.25, -0.2) is 9.78 Å². The molecule has 1 heterocycles. The largest absolute Gasteiger partial charge is 0.480 e. The average Bonchev–Trinajstić information content (AvgIpc) is 2.33. The van der Waals surface area contributed by atoms with Crippen molar-refractivity contribution in [2.24, 2.45) is 0 Å². The molecule has 0 aliphatic carbocycles. The van der Waals surface area contributed by atoms with E-state index in [2.05, 4.69) is 10.3 Å². The third-order valence-electron chi connectivity index (χ3n) is 2.34. The second kappa shape index (κ2) is 7.00. The van der Waals surface area contributed by atoms with Gasteiger partial charge in [0.25, 0.3) is 5.91 Å². The fraction of sp³-hybridized carbons (Fsp3) is 0.417. The van der Waals surface area contributed by atoms with Gasteiger partial charge in [0.2, 0.25) is 0 Å². The van der Waals surface area contributed by atoms with Crippen LogP contribution in [0.2, 0.25) is 0 Å². The molecule has 0 aliphatic rings. The predicted octanol–water partition coefficient (Wildman–Crippen LogP) is 1.33. The molecule has 98 valence electrons. The Morgan fingerprint density at radius 2 is 2.22 bits per heavy atom. The number of nitrogens with one attached hydrogen (secondary N) is 1. The van der Waals surface area contributed by atoms with Crippen LogP contribution in [0.25, 0.3) is 0 Å². The van der Waals surface area contributed by atoms with E-state index in [9.17, 15) is 9.59 Å². The Morgan fingerprint density at radius 1 is 1.50 bits per heavy atom. The van der Waals surface area contributed by atoms with Gasteiger partial charge < -0.3 is 10.4 Å². The van der Waals surface area contributed by atoms with Crippen molar-refractivity contribution in [2.45, 2.75) is 19.4 Å². The number of carboxylic acids is 1. The summed E-state index contributed by atoms with van der Waals surface area (Å²) in [6.45, 7) is 1.78. The van der Waals surface area contributed by atoms with Crippen molar-refractivity contribution >= 4 is 23.6 Å². The summed E-state index contributed by atoms with van der Waals surface area (Å²) in [5, 5.41) is 11.5. The van der Waals surface area contributed by atoms with Crippen molar-refractivity contribution < 1.29 is 14.7 Å². The first-order valence-electron chi connectivity index (χ1n) is 5.51. The molecule has 6 heteroatoms. The van der Waals surface area contributed by atoms with Crippen molar-refractivity contribution in [3.05, 3.63) is 29.6 Å². The quantitative estimate of drug-likeness (QED) is 0.813. The molecular weight excluding hydrogens is 252 g/mol. The number of carbonyl (C=O) groups excluding carboxylic acids is 1. The highest BCUT2D eigenvalue weighted by molar-refractivity contribution is 7.98. The highest BCUT2D eigenvalue weighted by Gasteiger charge is 2.20. The zero-order valence-electron chi connectivity index (χ0n) is 10.3. The van der Waals surface area contributed by atoms with Gasteiger partial charge in [0.05, 0.1) is 0 Å². The molecule has 2 N–H and O–H groups in total. The lowest BCUT2D eigenvalue weighted by Crippen LogP contribution is -2.41. The van der Waals surface area contributed by atoms with Crippen molar-refractivity contribution in [3.8, 4) is 0 Å². The second-order valence-corrected chi connectivity index (χ2v) is 4.80. The lowest BCUT2D eigenvalue weighted by atomic mass is 10.2. The number of pyridine rings is 1. The Bertz CT molecular complexity index is 437. The van der Waals surface area contributed by atoms with Gasteiger partial charge in [0.15, 0.2) is 0 Å². The van der Waals surface area contributed by atoms with E-state index in [1.807, 2.05) is 6.26 Å². The molecule has 0 radical (unpaired) electrons. The number of aromatic nitrogens is 1. The van der Waals surface area contributed by atoms with E-state index >= 15 is 0 Å². The average molecular weight is 268 g/mol. The number of hydrogen-bond acceptors (Lipinski definition) is 4. The number of thioether (sulfide) groups is 1. The molecule has 0 aliphatic heterocycles. The SMILES string of the molecule is CSCC[C@@H](NC(=O)c1cccc(C)n1)C(=O)O. The Labute approximate surface area is 110 Å². The molecular formula is C12H16N2O3S. The molecule has 18 heavy (non-hydrogen) atoms. The normalized spacial score (nSPS) is 11.9. The van der Waals surface area contributed by atoms with Crippen LogP contribution >= 0.6 is 11.8 Å². The van der Waals surface area contributed by atoms with Crippen LogP contribution in [0.15, 0.2) is 18.2 Å². The van der Waals surface area contributed by atoms with Gasteiger partial charge in [-0.1, -0.05) is 6.07 Å². The number of carbonyl (C=O) groups is 2. The van der Waals surface area contributed by atoms with Gasteiger partial charge in [0, 0.05) is 5.69 Å². The maximum atomic E-state index is 11.8. The molecule has 0 bridgehead atoms. The van der Waals surface area contributed by atoms with Crippen LogP contribution in [0.5, 0.6) is 0 Å². The minimum Gasteiger partial charge on any atom is -0.480 e. The first kappa shape index (κ1) is 14.5. The fourth-order valence-electron chi connectivity index (χ4n) is 1.39. The summed E-state index contributed by atoms with van der Waals surface area (Å²) in [5.74, 6) is -0.796. The molecule has 0 saturated heterocycles. The highest BCUT2D eigenvalue weighted by atomic mass is 32.2. The first-order chi connectivity index (χ1) is 8.54. The third-order valence-corrected chi connectivity index (χ3v) is 2.98. The van der Waals surface area contributed by atoms with Crippen LogP contribution in [0.3, 0.4) is 0 Å². The number of aryl methyl sites for hydroxylation is 1. The molecule has 0 saturated carbocycles. The number of amides is 1. The van der Waals surface area contributed by atoms with Crippen molar-refractivity contribution in [3.63, 3.8) is 0 Å². The number of nitrogens with zero attached hydrogens (tertiary/aromatic N) is 1. The van der Waals surface area contributed by atoms with Crippen LogP contribution in [-0.4, -0.2) is 40.0 Å². The second-order valence-electron chi connectivity index (χ2n) is 3.81. The van der Waals surface area contributed by atoms with Gasteiger partial charge in [-0.15, -0.1) is 0 Å². The molecule has 0 spiro atoms. The maximum Gasteiger partial charge on any atom is 0.326 e. The van der Waals surface area contributed by atoms with Crippen LogP contribution < -0.4 is 5.32 Å². The van der Waals surface area contributed by atoms with Crippen LogP contribution in [0.1, 0.15) is 22.6 Å². The molecule has 0 fully saturated rings. The maximum absolute atomic E-state index is 11.8.